The molecule has 2 atom stereocenters. The summed E-state index contributed by atoms with van der Waals surface area (Å²) in [6.07, 6.45) is 6.63. The minimum atomic E-state index is 0.0785. The van der Waals surface area contributed by atoms with Crippen LogP contribution in [-0.2, 0) is 4.74 Å². The van der Waals surface area contributed by atoms with E-state index in [-0.39, 0.29) is 18.2 Å². The zero-order valence-corrected chi connectivity index (χ0v) is 15.5. The molecule has 1 N–H and O–H groups in total. The number of anilines is 1. The van der Waals surface area contributed by atoms with Gasteiger partial charge in [0.15, 0.2) is 0 Å². The minimum absolute atomic E-state index is 0.0785. The molecule has 2 fully saturated rings. The van der Waals surface area contributed by atoms with E-state index in [0.717, 1.165) is 38.8 Å². The average molecular weight is 345 g/mol. The lowest BCUT2D eigenvalue weighted by Gasteiger charge is -2.39. The van der Waals surface area contributed by atoms with Crippen LogP contribution < -0.4 is 10.2 Å². The van der Waals surface area contributed by atoms with E-state index >= 15 is 0 Å². The first-order valence-corrected chi connectivity index (χ1v) is 9.55. The molecule has 5 heteroatoms. The molecule has 1 saturated carbocycles. The van der Waals surface area contributed by atoms with Crippen molar-refractivity contribution in [2.75, 3.05) is 32.1 Å². The number of hydrogen-bond donors (Lipinski definition) is 1. The van der Waals surface area contributed by atoms with E-state index in [1.54, 1.807) is 7.11 Å². The summed E-state index contributed by atoms with van der Waals surface area (Å²) in [7, 11) is 3.90. The molecule has 0 aromatic heterocycles. The van der Waals surface area contributed by atoms with Crippen LogP contribution in [0.15, 0.2) is 30.3 Å². The molecule has 1 aromatic carbocycles. The lowest BCUT2D eigenvalue weighted by molar-refractivity contribution is 0.0426. The van der Waals surface area contributed by atoms with Crippen LogP contribution in [0, 0.1) is 0 Å². The van der Waals surface area contributed by atoms with Crippen molar-refractivity contribution in [2.24, 2.45) is 0 Å². The highest BCUT2D eigenvalue weighted by molar-refractivity contribution is 5.74. The van der Waals surface area contributed by atoms with E-state index < -0.39 is 0 Å². The summed E-state index contributed by atoms with van der Waals surface area (Å²) in [5.74, 6) is 0. The normalized spacial score (nSPS) is 24.8. The number of hydrogen-bond acceptors (Lipinski definition) is 3. The zero-order chi connectivity index (χ0) is 17.6. The second-order valence-electron chi connectivity index (χ2n) is 7.28. The number of ether oxygens (including phenoxy) is 1. The van der Waals surface area contributed by atoms with E-state index in [2.05, 4.69) is 41.5 Å². The van der Waals surface area contributed by atoms with Crippen LogP contribution in [0.2, 0.25) is 0 Å². The van der Waals surface area contributed by atoms with Gasteiger partial charge >= 0.3 is 6.03 Å². The molecule has 3 rings (SSSR count). The van der Waals surface area contributed by atoms with Crippen LogP contribution in [0.4, 0.5) is 10.5 Å². The Morgan fingerprint density at radius 1 is 1.12 bits per heavy atom. The minimum Gasteiger partial charge on any atom is -0.379 e. The third kappa shape index (κ3) is 4.46. The summed E-state index contributed by atoms with van der Waals surface area (Å²) >= 11 is 0. The van der Waals surface area contributed by atoms with Crippen LogP contribution in [0.25, 0.3) is 0 Å². The summed E-state index contributed by atoms with van der Waals surface area (Å²) < 4.78 is 5.55. The Morgan fingerprint density at radius 3 is 2.48 bits per heavy atom. The molecule has 1 aromatic rings. The predicted octanol–water partition coefficient (Wildman–Crippen LogP) is 3.25. The van der Waals surface area contributed by atoms with Gasteiger partial charge < -0.3 is 19.9 Å². The summed E-state index contributed by atoms with van der Waals surface area (Å²) in [5.41, 5.74) is 1.25. The maximum atomic E-state index is 12.6. The number of piperidine rings is 1. The molecule has 138 valence electrons. The molecule has 0 spiro atoms. The monoisotopic (exact) mass is 345 g/mol. The van der Waals surface area contributed by atoms with Gasteiger partial charge in [-0.05, 0) is 37.8 Å². The maximum absolute atomic E-state index is 12.6. The topological polar surface area (TPSA) is 44.8 Å². The molecule has 1 heterocycles. The number of nitrogens with one attached hydrogen (secondary N) is 1. The fourth-order valence-electron chi connectivity index (χ4n) is 4.12. The van der Waals surface area contributed by atoms with E-state index in [4.69, 9.17) is 4.74 Å². The van der Waals surface area contributed by atoms with Crippen molar-refractivity contribution in [3.63, 3.8) is 0 Å². The SMILES string of the molecule is COC1CCCCC1NC(=O)N1CCC(N(C)c2ccccc2)CC1. The average Bonchev–Trinajstić information content (AvgIpc) is 2.68. The molecule has 2 unspecified atom stereocenters. The van der Waals surface area contributed by atoms with Crippen molar-refractivity contribution >= 4 is 11.7 Å². The van der Waals surface area contributed by atoms with Gasteiger partial charge in [0.1, 0.15) is 0 Å². The van der Waals surface area contributed by atoms with Gasteiger partial charge in [0.05, 0.1) is 12.1 Å². The van der Waals surface area contributed by atoms with E-state index in [1.807, 2.05) is 11.0 Å². The van der Waals surface area contributed by atoms with Gasteiger partial charge in [-0.25, -0.2) is 4.79 Å². The molecule has 1 saturated heterocycles. The number of urea groups is 1. The first-order chi connectivity index (χ1) is 12.2. The Kier molecular flexibility index (Phi) is 6.19. The molecule has 2 amide bonds. The van der Waals surface area contributed by atoms with E-state index in [1.165, 1.54) is 18.5 Å². The quantitative estimate of drug-likeness (QED) is 0.911. The Labute approximate surface area is 151 Å². The number of benzene rings is 1. The van der Waals surface area contributed by atoms with E-state index in [0.29, 0.717) is 6.04 Å². The summed E-state index contributed by atoms with van der Waals surface area (Å²) in [6, 6.07) is 11.2. The molecule has 1 aliphatic heterocycles. The second-order valence-corrected chi connectivity index (χ2v) is 7.28. The number of para-hydroxylation sites is 1. The summed E-state index contributed by atoms with van der Waals surface area (Å²) in [6.45, 7) is 1.64. The standard InChI is InChI=1S/C20H31N3O2/c1-22(16-8-4-3-5-9-16)17-12-14-23(15-13-17)20(24)21-18-10-6-7-11-19(18)25-2/h3-5,8-9,17-19H,6-7,10-15H2,1-2H3,(H,21,24). The van der Waals surface area contributed by atoms with Gasteiger partial charge in [-0.1, -0.05) is 31.0 Å². The number of methoxy groups -OCH3 is 1. The fourth-order valence-corrected chi connectivity index (χ4v) is 4.12. The molecule has 0 bridgehead atoms. The van der Waals surface area contributed by atoms with Gasteiger partial charge in [-0.2, -0.15) is 0 Å². The number of likely N-dealkylation sites (tertiary alicyclic amines) is 1. The molecule has 2 aliphatic rings. The second kappa shape index (κ2) is 8.56. The van der Waals surface area contributed by atoms with Gasteiger partial charge in [0, 0.05) is 39.0 Å². The van der Waals surface area contributed by atoms with Crippen molar-refractivity contribution < 1.29 is 9.53 Å². The number of carbonyl (C=O) groups excluding carboxylic acids is 1. The van der Waals surface area contributed by atoms with Gasteiger partial charge in [-0.15, -0.1) is 0 Å². The number of rotatable bonds is 4. The highest BCUT2D eigenvalue weighted by atomic mass is 16.5. The fraction of sp³-hybridized carbons (Fsp3) is 0.650. The third-order valence-corrected chi connectivity index (χ3v) is 5.78. The lowest BCUT2D eigenvalue weighted by Crippen LogP contribution is -2.54. The number of carbonyl (C=O) groups is 1. The van der Waals surface area contributed by atoms with Crippen LogP contribution in [-0.4, -0.2) is 56.4 Å². The smallest absolute Gasteiger partial charge is 0.317 e. The van der Waals surface area contributed by atoms with Crippen molar-refractivity contribution in [3.05, 3.63) is 30.3 Å². The van der Waals surface area contributed by atoms with Crippen LogP contribution in [0.5, 0.6) is 0 Å². The number of amides is 2. The van der Waals surface area contributed by atoms with Crippen molar-refractivity contribution in [1.82, 2.24) is 10.2 Å². The van der Waals surface area contributed by atoms with Gasteiger partial charge in [0.2, 0.25) is 0 Å². The Morgan fingerprint density at radius 2 is 1.80 bits per heavy atom. The molecule has 0 radical (unpaired) electrons. The Bertz CT molecular complexity index is 543. The molecular formula is C20H31N3O2. The number of nitrogens with zero attached hydrogens (tertiary/aromatic N) is 2. The predicted molar refractivity (Wildman–Crippen MR) is 101 cm³/mol. The highest BCUT2D eigenvalue weighted by Gasteiger charge is 2.30. The van der Waals surface area contributed by atoms with Crippen molar-refractivity contribution in [3.8, 4) is 0 Å². The molecule has 1 aliphatic carbocycles. The maximum Gasteiger partial charge on any atom is 0.317 e. The first kappa shape index (κ1) is 18.1. The zero-order valence-electron chi connectivity index (χ0n) is 15.5. The third-order valence-electron chi connectivity index (χ3n) is 5.78. The molecule has 25 heavy (non-hydrogen) atoms. The van der Waals surface area contributed by atoms with Crippen LogP contribution in [0.3, 0.4) is 0 Å². The van der Waals surface area contributed by atoms with Crippen LogP contribution in [0.1, 0.15) is 38.5 Å². The Hall–Kier alpha value is -1.75. The Balaban J connectivity index is 1.49. The van der Waals surface area contributed by atoms with Gasteiger partial charge in [-0.3, -0.25) is 0 Å². The largest absolute Gasteiger partial charge is 0.379 e. The van der Waals surface area contributed by atoms with Crippen LogP contribution >= 0.6 is 0 Å². The highest BCUT2D eigenvalue weighted by Crippen LogP contribution is 2.23. The van der Waals surface area contributed by atoms with Crippen molar-refractivity contribution in [2.45, 2.75) is 56.7 Å². The van der Waals surface area contributed by atoms with Gasteiger partial charge in [0.25, 0.3) is 0 Å². The lowest BCUT2D eigenvalue weighted by atomic mass is 9.92. The summed E-state index contributed by atoms with van der Waals surface area (Å²) in [5, 5.41) is 3.21. The molecule has 5 nitrogen and oxygen atoms in total. The summed E-state index contributed by atoms with van der Waals surface area (Å²) in [4.78, 5) is 16.9. The van der Waals surface area contributed by atoms with E-state index in [9.17, 15) is 4.79 Å². The van der Waals surface area contributed by atoms with Crippen molar-refractivity contribution in [1.29, 1.82) is 0 Å². The first-order valence-electron chi connectivity index (χ1n) is 9.55. The molecular weight excluding hydrogens is 314 g/mol.